The molecule has 0 saturated heterocycles. The van der Waals surface area contributed by atoms with Crippen LogP contribution in [0.2, 0.25) is 0 Å². The SMILES string of the molecule is CCCc1ccc(-c2ccc(N(C[C@@H](NC(=O)OC(C)(C)C)[C@@H](C)CC)C(=O)C3CC3c3cccc(F)n3)cc2)cc1. The van der Waals surface area contributed by atoms with Crippen molar-refractivity contribution in [1.29, 1.82) is 0 Å². The number of hydrogen-bond donors (Lipinski definition) is 1. The van der Waals surface area contributed by atoms with E-state index in [1.807, 2.05) is 45.0 Å². The van der Waals surface area contributed by atoms with E-state index in [4.69, 9.17) is 4.74 Å². The Morgan fingerprint density at radius 1 is 1.02 bits per heavy atom. The van der Waals surface area contributed by atoms with Crippen LogP contribution in [0.15, 0.2) is 66.7 Å². The molecule has 0 bridgehead atoms. The van der Waals surface area contributed by atoms with Crippen molar-refractivity contribution in [1.82, 2.24) is 10.3 Å². The normalized spacial score (nSPS) is 17.7. The summed E-state index contributed by atoms with van der Waals surface area (Å²) in [6.07, 6.45) is 3.08. The molecule has 224 valence electrons. The Kier molecular flexibility index (Phi) is 10.0. The topological polar surface area (TPSA) is 71.5 Å². The van der Waals surface area contributed by atoms with Crippen molar-refractivity contribution in [2.75, 3.05) is 11.4 Å². The molecule has 1 aromatic heterocycles. The van der Waals surface area contributed by atoms with E-state index in [1.54, 1.807) is 17.0 Å². The van der Waals surface area contributed by atoms with E-state index in [1.165, 1.54) is 11.6 Å². The number of nitrogens with zero attached hydrogens (tertiary/aromatic N) is 2. The average Bonchev–Trinajstić information content (AvgIpc) is 3.76. The largest absolute Gasteiger partial charge is 0.444 e. The highest BCUT2D eigenvalue weighted by Crippen LogP contribution is 2.48. The van der Waals surface area contributed by atoms with Crippen LogP contribution in [0.3, 0.4) is 0 Å². The zero-order valence-electron chi connectivity index (χ0n) is 25.7. The molecule has 1 aliphatic carbocycles. The number of anilines is 1. The lowest BCUT2D eigenvalue weighted by molar-refractivity contribution is -0.120. The predicted octanol–water partition coefficient (Wildman–Crippen LogP) is 7.92. The van der Waals surface area contributed by atoms with Crippen LogP contribution in [-0.4, -0.2) is 35.2 Å². The summed E-state index contributed by atoms with van der Waals surface area (Å²) < 4.78 is 19.4. The Morgan fingerprint density at radius 3 is 2.24 bits per heavy atom. The molecule has 1 N–H and O–H groups in total. The number of nitrogens with one attached hydrogen (secondary N) is 1. The maximum atomic E-state index is 14.0. The molecular formula is C35H44FN3O3. The number of amides is 2. The number of benzene rings is 2. The standard InChI is InChI=1S/C35H44FN3O3/c1-7-10-24-13-15-25(16-14-24)26-17-19-27(20-18-26)39(22-31(23(3)8-2)38-34(41)42-35(4,5)6)33(40)29-21-28(29)30-11-9-12-32(36)37-30/h9,11-20,23,28-29,31H,7-8,10,21-22H2,1-6H3,(H,38,41)/t23-,28?,29?,31+/m0/s1. The summed E-state index contributed by atoms with van der Waals surface area (Å²) in [7, 11) is 0. The smallest absolute Gasteiger partial charge is 0.407 e. The number of carbonyl (C=O) groups excluding carboxylic acids is 2. The summed E-state index contributed by atoms with van der Waals surface area (Å²) in [6, 6.07) is 21.0. The Balaban J connectivity index is 1.60. The van der Waals surface area contributed by atoms with Gasteiger partial charge < -0.3 is 15.0 Å². The number of alkyl carbamates (subject to hydrolysis) is 1. The number of aromatic nitrogens is 1. The van der Waals surface area contributed by atoms with Crippen molar-refractivity contribution in [2.24, 2.45) is 11.8 Å². The van der Waals surface area contributed by atoms with Crippen molar-refractivity contribution in [3.8, 4) is 11.1 Å². The fourth-order valence-corrected chi connectivity index (χ4v) is 5.24. The minimum Gasteiger partial charge on any atom is -0.444 e. The van der Waals surface area contributed by atoms with Crippen LogP contribution in [0.4, 0.5) is 14.9 Å². The van der Waals surface area contributed by atoms with Crippen LogP contribution in [0.1, 0.15) is 78.0 Å². The van der Waals surface area contributed by atoms with Crippen LogP contribution in [-0.2, 0) is 16.0 Å². The van der Waals surface area contributed by atoms with Crippen LogP contribution >= 0.6 is 0 Å². The van der Waals surface area contributed by atoms with E-state index in [2.05, 4.69) is 55.3 Å². The Morgan fingerprint density at radius 2 is 1.67 bits per heavy atom. The minimum atomic E-state index is -0.636. The summed E-state index contributed by atoms with van der Waals surface area (Å²) >= 11 is 0. The predicted molar refractivity (Wildman–Crippen MR) is 166 cm³/mol. The first kappa shape index (κ1) is 31.2. The van der Waals surface area contributed by atoms with Gasteiger partial charge >= 0.3 is 6.09 Å². The lowest BCUT2D eigenvalue weighted by Gasteiger charge is -2.32. The summed E-state index contributed by atoms with van der Waals surface area (Å²) in [4.78, 5) is 32.6. The number of aryl methyl sites for hydroxylation is 1. The van der Waals surface area contributed by atoms with Gasteiger partial charge in [0.25, 0.3) is 0 Å². The molecule has 2 amide bonds. The fourth-order valence-electron chi connectivity index (χ4n) is 5.24. The number of hydrogen-bond acceptors (Lipinski definition) is 4. The first-order chi connectivity index (χ1) is 20.0. The van der Waals surface area contributed by atoms with Crippen molar-refractivity contribution >= 4 is 17.7 Å². The Hall–Kier alpha value is -3.74. The van der Waals surface area contributed by atoms with E-state index in [0.717, 1.165) is 36.1 Å². The second-order valence-electron chi connectivity index (χ2n) is 12.4. The van der Waals surface area contributed by atoms with Gasteiger partial charge in [0, 0.05) is 29.8 Å². The van der Waals surface area contributed by atoms with Crippen molar-refractivity contribution in [3.63, 3.8) is 0 Å². The lowest BCUT2D eigenvalue weighted by Crippen LogP contribution is -2.50. The van der Waals surface area contributed by atoms with Crippen molar-refractivity contribution in [2.45, 2.75) is 84.8 Å². The van der Waals surface area contributed by atoms with Gasteiger partial charge in [0.05, 0.1) is 6.04 Å². The highest BCUT2D eigenvalue weighted by Gasteiger charge is 2.47. The number of pyridine rings is 1. The third-order valence-corrected chi connectivity index (χ3v) is 7.91. The van der Waals surface area contributed by atoms with E-state index >= 15 is 0 Å². The molecule has 3 aromatic rings. The summed E-state index contributed by atoms with van der Waals surface area (Å²) in [5, 5.41) is 3.02. The molecule has 42 heavy (non-hydrogen) atoms. The molecule has 4 atom stereocenters. The molecule has 1 fully saturated rings. The first-order valence-corrected chi connectivity index (χ1v) is 15.1. The van der Waals surface area contributed by atoms with E-state index in [9.17, 15) is 14.0 Å². The zero-order valence-corrected chi connectivity index (χ0v) is 25.7. The number of carbonyl (C=O) groups is 2. The van der Waals surface area contributed by atoms with Gasteiger partial charge in [0.15, 0.2) is 0 Å². The van der Waals surface area contributed by atoms with E-state index in [-0.39, 0.29) is 36.2 Å². The third kappa shape index (κ3) is 8.17. The summed E-state index contributed by atoms with van der Waals surface area (Å²) in [5.74, 6) is -0.934. The van der Waals surface area contributed by atoms with Gasteiger partial charge in [-0.3, -0.25) is 4.79 Å². The Bertz CT molecular complexity index is 1350. The van der Waals surface area contributed by atoms with Crippen molar-refractivity contribution < 1.29 is 18.7 Å². The van der Waals surface area contributed by atoms with Crippen LogP contribution < -0.4 is 10.2 Å². The third-order valence-electron chi connectivity index (χ3n) is 7.91. The molecule has 2 aromatic carbocycles. The molecule has 0 spiro atoms. The highest BCUT2D eigenvalue weighted by atomic mass is 19.1. The van der Waals surface area contributed by atoms with Gasteiger partial charge in [0.2, 0.25) is 11.9 Å². The lowest BCUT2D eigenvalue weighted by atomic mass is 9.97. The zero-order chi connectivity index (χ0) is 30.4. The van der Waals surface area contributed by atoms with Crippen LogP contribution in [0.25, 0.3) is 11.1 Å². The fraction of sp³-hybridized carbons (Fsp3) is 0.457. The summed E-state index contributed by atoms with van der Waals surface area (Å²) in [6.45, 7) is 12.1. The molecule has 1 aliphatic rings. The number of rotatable bonds is 11. The molecule has 0 radical (unpaired) electrons. The molecular weight excluding hydrogens is 529 g/mol. The van der Waals surface area contributed by atoms with Gasteiger partial charge in [-0.25, -0.2) is 9.78 Å². The maximum absolute atomic E-state index is 14.0. The van der Waals surface area contributed by atoms with E-state index < -0.39 is 17.6 Å². The van der Waals surface area contributed by atoms with Gasteiger partial charge in [-0.05, 0) is 80.5 Å². The Labute approximate surface area is 249 Å². The minimum absolute atomic E-state index is 0.0537. The second-order valence-corrected chi connectivity index (χ2v) is 12.4. The number of ether oxygens (including phenoxy) is 1. The molecule has 7 heteroatoms. The summed E-state index contributed by atoms with van der Waals surface area (Å²) in [5.41, 5.74) is 4.21. The molecule has 6 nitrogen and oxygen atoms in total. The molecule has 4 rings (SSSR count). The van der Waals surface area contributed by atoms with Gasteiger partial charge in [-0.2, -0.15) is 4.39 Å². The first-order valence-electron chi connectivity index (χ1n) is 15.1. The van der Waals surface area contributed by atoms with Gasteiger partial charge in [-0.15, -0.1) is 0 Å². The van der Waals surface area contributed by atoms with Crippen molar-refractivity contribution in [3.05, 3.63) is 83.9 Å². The van der Waals surface area contributed by atoms with Gasteiger partial charge in [0.1, 0.15) is 5.60 Å². The molecule has 2 unspecified atom stereocenters. The monoisotopic (exact) mass is 573 g/mol. The quantitative estimate of drug-likeness (QED) is 0.237. The van der Waals surface area contributed by atoms with E-state index in [0.29, 0.717) is 12.1 Å². The molecule has 0 aliphatic heterocycles. The second kappa shape index (κ2) is 13.5. The van der Waals surface area contributed by atoms with Crippen LogP contribution in [0.5, 0.6) is 0 Å². The maximum Gasteiger partial charge on any atom is 0.407 e. The highest BCUT2D eigenvalue weighted by molar-refractivity contribution is 5.98. The van der Waals surface area contributed by atoms with Gasteiger partial charge in [-0.1, -0.05) is 76.1 Å². The number of halogens is 1. The average molecular weight is 574 g/mol. The van der Waals surface area contributed by atoms with Crippen LogP contribution in [0, 0.1) is 17.8 Å². The molecule has 1 saturated carbocycles. The molecule has 1 heterocycles.